The summed E-state index contributed by atoms with van der Waals surface area (Å²) < 4.78 is 11.2. The minimum Gasteiger partial charge on any atom is -0.414 e. The first-order valence-electron chi connectivity index (χ1n) is 5.18. The third-order valence-corrected chi connectivity index (χ3v) is 7.78. The number of aliphatic hydroxyl groups excluding tert-OH is 1. The molecule has 1 heterocycles. The molecule has 0 aromatic carbocycles. The predicted octanol–water partition coefficient (Wildman–Crippen LogP) is 1.77. The van der Waals surface area contributed by atoms with Crippen molar-refractivity contribution in [3.63, 3.8) is 0 Å². The molecule has 0 radical (unpaired) electrons. The van der Waals surface area contributed by atoms with Crippen LogP contribution in [0.1, 0.15) is 20.8 Å². The van der Waals surface area contributed by atoms with E-state index in [4.69, 9.17) is 14.3 Å². The van der Waals surface area contributed by atoms with Gasteiger partial charge in [0.25, 0.3) is 0 Å². The third kappa shape index (κ3) is 2.79. The quantitative estimate of drug-likeness (QED) is 0.577. The zero-order valence-corrected chi connectivity index (χ0v) is 10.8. The Kier molecular flexibility index (Phi) is 3.41. The van der Waals surface area contributed by atoms with Crippen LogP contribution in [0.25, 0.3) is 0 Å². The Morgan fingerprint density at radius 2 is 1.86 bits per heavy atom. The lowest BCUT2D eigenvalue weighted by molar-refractivity contribution is 0.227. The molecule has 0 aliphatic carbocycles. The molecule has 0 bridgehead atoms. The fourth-order valence-electron chi connectivity index (χ4n) is 0.993. The molecule has 3 nitrogen and oxygen atoms in total. The number of rotatable bonds is 4. The van der Waals surface area contributed by atoms with E-state index in [0.717, 1.165) is 0 Å². The molecule has 0 saturated carbocycles. The average Bonchev–Trinajstić information content (AvgIpc) is 2.77. The van der Waals surface area contributed by atoms with Gasteiger partial charge in [-0.2, -0.15) is 0 Å². The second kappa shape index (κ2) is 3.93. The van der Waals surface area contributed by atoms with Crippen LogP contribution in [-0.2, 0) is 9.16 Å². The lowest BCUT2D eigenvalue weighted by Crippen LogP contribution is -2.41. The van der Waals surface area contributed by atoms with Gasteiger partial charge in [0.05, 0.1) is 13.2 Å². The van der Waals surface area contributed by atoms with Gasteiger partial charge in [-0.3, -0.25) is 0 Å². The molecule has 1 fully saturated rings. The Balaban J connectivity index is 2.31. The van der Waals surface area contributed by atoms with E-state index in [-0.39, 0.29) is 23.9 Å². The van der Waals surface area contributed by atoms with E-state index >= 15 is 0 Å². The van der Waals surface area contributed by atoms with Gasteiger partial charge >= 0.3 is 0 Å². The van der Waals surface area contributed by atoms with Crippen molar-refractivity contribution in [2.24, 2.45) is 0 Å². The monoisotopic (exact) mass is 218 g/mol. The van der Waals surface area contributed by atoms with E-state index in [1.807, 2.05) is 0 Å². The van der Waals surface area contributed by atoms with E-state index in [1.165, 1.54) is 0 Å². The molecule has 0 spiro atoms. The maximum Gasteiger partial charge on any atom is 0.192 e. The molecule has 1 aliphatic heterocycles. The summed E-state index contributed by atoms with van der Waals surface area (Å²) in [5.74, 6) is 0. The molecule has 1 aliphatic rings. The number of hydrogen-bond acceptors (Lipinski definition) is 3. The average molecular weight is 218 g/mol. The lowest BCUT2D eigenvalue weighted by atomic mass is 10.2. The maximum absolute atomic E-state index is 8.80. The van der Waals surface area contributed by atoms with E-state index in [9.17, 15) is 0 Å². The van der Waals surface area contributed by atoms with Crippen LogP contribution in [0.3, 0.4) is 0 Å². The molecular weight excluding hydrogens is 196 g/mol. The summed E-state index contributed by atoms with van der Waals surface area (Å²) in [7, 11) is -1.63. The smallest absolute Gasteiger partial charge is 0.192 e. The molecule has 0 amide bonds. The van der Waals surface area contributed by atoms with Crippen molar-refractivity contribution in [2.45, 2.75) is 51.1 Å². The van der Waals surface area contributed by atoms with E-state index in [0.29, 0.717) is 6.61 Å². The highest BCUT2D eigenvalue weighted by molar-refractivity contribution is 6.74. The summed E-state index contributed by atoms with van der Waals surface area (Å²) in [5, 5.41) is 9.04. The van der Waals surface area contributed by atoms with Crippen molar-refractivity contribution < 1.29 is 14.3 Å². The molecule has 14 heavy (non-hydrogen) atoms. The molecule has 0 aromatic heterocycles. The van der Waals surface area contributed by atoms with Crippen molar-refractivity contribution in [3.05, 3.63) is 0 Å². The lowest BCUT2D eigenvalue weighted by Gasteiger charge is -2.35. The van der Waals surface area contributed by atoms with E-state index in [2.05, 4.69) is 33.9 Å². The largest absolute Gasteiger partial charge is 0.414 e. The first-order valence-corrected chi connectivity index (χ1v) is 8.09. The molecule has 4 heteroatoms. The number of ether oxygens (including phenoxy) is 1. The molecule has 84 valence electrons. The summed E-state index contributed by atoms with van der Waals surface area (Å²) in [4.78, 5) is 0. The second-order valence-electron chi connectivity index (χ2n) is 5.47. The van der Waals surface area contributed by atoms with Crippen LogP contribution >= 0.6 is 0 Å². The Labute approximate surface area is 87.5 Å². The molecule has 0 aromatic rings. The fourth-order valence-corrected chi connectivity index (χ4v) is 2.01. The van der Waals surface area contributed by atoms with Crippen molar-refractivity contribution in [2.75, 3.05) is 13.2 Å². The van der Waals surface area contributed by atoms with Crippen LogP contribution in [0.2, 0.25) is 18.1 Å². The summed E-state index contributed by atoms with van der Waals surface area (Å²) in [6.45, 7) is 11.9. The zero-order chi connectivity index (χ0) is 11.0. The molecule has 1 rings (SSSR count). The molecule has 1 unspecified atom stereocenters. The van der Waals surface area contributed by atoms with Crippen molar-refractivity contribution in [3.8, 4) is 0 Å². The SMILES string of the molecule is CC(C)(C)[Si](C)(C)OC[C@H]1OC1CO. The van der Waals surface area contributed by atoms with Gasteiger partial charge < -0.3 is 14.3 Å². The van der Waals surface area contributed by atoms with Crippen LogP contribution in [0.15, 0.2) is 0 Å². The summed E-state index contributed by atoms with van der Waals surface area (Å²) in [5.41, 5.74) is 0. The van der Waals surface area contributed by atoms with E-state index in [1.54, 1.807) is 0 Å². The van der Waals surface area contributed by atoms with Crippen LogP contribution < -0.4 is 0 Å². The normalized spacial score (nSPS) is 27.9. The Bertz CT molecular complexity index is 198. The first kappa shape index (κ1) is 12.2. The van der Waals surface area contributed by atoms with Crippen molar-refractivity contribution >= 4 is 8.32 Å². The Morgan fingerprint density at radius 3 is 2.21 bits per heavy atom. The van der Waals surface area contributed by atoms with Gasteiger partial charge in [0.2, 0.25) is 0 Å². The van der Waals surface area contributed by atoms with Gasteiger partial charge in [-0.1, -0.05) is 20.8 Å². The van der Waals surface area contributed by atoms with Gasteiger partial charge in [0.1, 0.15) is 12.2 Å². The molecule has 2 atom stereocenters. The first-order chi connectivity index (χ1) is 6.28. The fraction of sp³-hybridized carbons (Fsp3) is 1.00. The van der Waals surface area contributed by atoms with Gasteiger partial charge in [-0.15, -0.1) is 0 Å². The highest BCUT2D eigenvalue weighted by atomic mass is 28.4. The summed E-state index contributed by atoms with van der Waals surface area (Å²) in [6, 6.07) is 0. The minimum atomic E-state index is -1.63. The molecular formula is C10H22O3Si. The van der Waals surface area contributed by atoms with Crippen LogP contribution in [-0.4, -0.2) is 38.8 Å². The van der Waals surface area contributed by atoms with Gasteiger partial charge in [-0.05, 0) is 18.1 Å². The Morgan fingerprint density at radius 1 is 1.29 bits per heavy atom. The topological polar surface area (TPSA) is 42.0 Å². The van der Waals surface area contributed by atoms with Crippen molar-refractivity contribution in [1.82, 2.24) is 0 Å². The number of hydrogen-bond donors (Lipinski definition) is 1. The van der Waals surface area contributed by atoms with Gasteiger partial charge in [0.15, 0.2) is 8.32 Å². The van der Waals surface area contributed by atoms with Crippen LogP contribution in [0.5, 0.6) is 0 Å². The Hall–Kier alpha value is 0.0969. The third-order valence-electron chi connectivity index (χ3n) is 3.28. The zero-order valence-electron chi connectivity index (χ0n) is 9.83. The number of epoxide rings is 1. The summed E-state index contributed by atoms with van der Waals surface area (Å²) >= 11 is 0. The standard InChI is InChI=1S/C10H22O3Si/c1-10(2,3)14(4,5)12-7-9-8(6-11)13-9/h8-9,11H,6-7H2,1-5H3/t8?,9-/m1/s1. The van der Waals surface area contributed by atoms with Crippen LogP contribution in [0.4, 0.5) is 0 Å². The van der Waals surface area contributed by atoms with Crippen LogP contribution in [0, 0.1) is 0 Å². The van der Waals surface area contributed by atoms with Gasteiger partial charge in [0, 0.05) is 0 Å². The van der Waals surface area contributed by atoms with Crippen molar-refractivity contribution in [1.29, 1.82) is 0 Å². The maximum atomic E-state index is 8.80. The highest BCUT2D eigenvalue weighted by Crippen LogP contribution is 2.37. The molecule has 1 N–H and O–H groups in total. The second-order valence-corrected chi connectivity index (χ2v) is 10.3. The highest BCUT2D eigenvalue weighted by Gasteiger charge is 2.43. The van der Waals surface area contributed by atoms with E-state index < -0.39 is 8.32 Å². The molecule has 1 saturated heterocycles. The van der Waals surface area contributed by atoms with Gasteiger partial charge in [-0.25, -0.2) is 0 Å². The summed E-state index contributed by atoms with van der Waals surface area (Å²) in [6.07, 6.45) is 0.161. The predicted molar refractivity (Wildman–Crippen MR) is 58.9 cm³/mol. The number of aliphatic hydroxyl groups is 1. The minimum absolute atomic E-state index is 0.0276.